The van der Waals surface area contributed by atoms with E-state index in [0.29, 0.717) is 11.6 Å². The molecule has 0 spiro atoms. The van der Waals surface area contributed by atoms with Gasteiger partial charge in [-0.2, -0.15) is 13.2 Å². The van der Waals surface area contributed by atoms with E-state index in [9.17, 15) is 13.2 Å². The Kier molecular flexibility index (Phi) is 5.43. The summed E-state index contributed by atoms with van der Waals surface area (Å²) in [6, 6.07) is 1.28. The van der Waals surface area contributed by atoms with Gasteiger partial charge in [-0.15, -0.1) is 0 Å². The summed E-state index contributed by atoms with van der Waals surface area (Å²) in [5.41, 5.74) is 0.724. The van der Waals surface area contributed by atoms with Gasteiger partial charge in [-0.3, -0.25) is 0 Å². The van der Waals surface area contributed by atoms with E-state index in [1.807, 2.05) is 0 Å². The summed E-state index contributed by atoms with van der Waals surface area (Å²) in [7, 11) is 1.74. The van der Waals surface area contributed by atoms with Crippen LogP contribution >= 0.6 is 11.6 Å². The number of hydrogen-bond acceptors (Lipinski definition) is 3. The fraction of sp³-hybridized carbons (Fsp3) is 0.583. The van der Waals surface area contributed by atoms with Crippen molar-refractivity contribution in [3.63, 3.8) is 0 Å². The lowest BCUT2D eigenvalue weighted by Gasteiger charge is -2.29. The molecule has 0 aliphatic rings. The second-order valence-corrected chi connectivity index (χ2v) is 4.91. The van der Waals surface area contributed by atoms with Crippen LogP contribution in [0.25, 0.3) is 0 Å². The zero-order valence-corrected chi connectivity index (χ0v) is 11.8. The summed E-state index contributed by atoms with van der Waals surface area (Å²) in [4.78, 5) is 5.20. The van der Waals surface area contributed by atoms with Crippen molar-refractivity contribution in [3.05, 3.63) is 22.8 Å². The molecule has 0 aliphatic carbocycles. The highest BCUT2D eigenvalue weighted by Gasteiger charge is 2.32. The molecule has 1 aromatic heterocycles. The SMILES string of the molecule is CNCc1cc(N(CC(F)(F)F)C(C)C)ncc1Cl. The first kappa shape index (κ1) is 16.0. The molecular weight excluding hydrogens is 279 g/mol. The third kappa shape index (κ3) is 4.87. The van der Waals surface area contributed by atoms with Gasteiger partial charge >= 0.3 is 6.18 Å². The fourth-order valence-corrected chi connectivity index (χ4v) is 1.84. The van der Waals surface area contributed by atoms with E-state index >= 15 is 0 Å². The van der Waals surface area contributed by atoms with Crippen molar-refractivity contribution in [2.75, 3.05) is 18.5 Å². The van der Waals surface area contributed by atoms with Crippen LogP contribution < -0.4 is 10.2 Å². The smallest absolute Gasteiger partial charge is 0.345 e. The molecule has 1 rings (SSSR count). The first-order valence-corrected chi connectivity index (χ1v) is 6.25. The Bertz CT molecular complexity index is 421. The molecule has 0 aromatic carbocycles. The van der Waals surface area contributed by atoms with Crippen LogP contribution in [0.15, 0.2) is 12.3 Å². The van der Waals surface area contributed by atoms with Crippen molar-refractivity contribution in [2.24, 2.45) is 0 Å². The Hall–Kier alpha value is -1.01. The maximum absolute atomic E-state index is 12.6. The molecule has 7 heteroatoms. The average Bonchev–Trinajstić information content (AvgIpc) is 2.28. The number of nitrogens with zero attached hydrogens (tertiary/aromatic N) is 2. The Morgan fingerprint density at radius 1 is 1.42 bits per heavy atom. The van der Waals surface area contributed by atoms with E-state index in [1.54, 1.807) is 27.0 Å². The molecule has 19 heavy (non-hydrogen) atoms. The van der Waals surface area contributed by atoms with E-state index in [4.69, 9.17) is 11.6 Å². The molecule has 108 valence electrons. The fourth-order valence-electron chi connectivity index (χ4n) is 1.67. The molecule has 0 saturated carbocycles. The van der Waals surface area contributed by atoms with Crippen molar-refractivity contribution in [1.82, 2.24) is 10.3 Å². The standard InChI is InChI=1S/C12H17ClF3N3/c1-8(2)19(7-12(14,15)16)11-4-9(5-17-3)10(13)6-18-11/h4,6,8,17H,5,7H2,1-3H3. The molecule has 0 unspecified atom stereocenters. The van der Waals surface area contributed by atoms with Crippen LogP contribution in [0.1, 0.15) is 19.4 Å². The van der Waals surface area contributed by atoms with Gasteiger partial charge in [-0.05, 0) is 32.5 Å². The predicted molar refractivity (Wildman–Crippen MR) is 70.5 cm³/mol. The molecule has 0 amide bonds. The minimum absolute atomic E-state index is 0.280. The first-order chi connectivity index (χ1) is 8.74. The summed E-state index contributed by atoms with van der Waals surface area (Å²) in [5, 5.41) is 3.35. The number of halogens is 4. The van der Waals surface area contributed by atoms with Crippen LogP contribution in [0.5, 0.6) is 0 Å². The maximum atomic E-state index is 12.6. The number of pyridine rings is 1. The molecule has 0 saturated heterocycles. The first-order valence-electron chi connectivity index (χ1n) is 5.87. The van der Waals surface area contributed by atoms with Gasteiger partial charge in [-0.1, -0.05) is 11.6 Å². The zero-order chi connectivity index (χ0) is 14.6. The van der Waals surface area contributed by atoms with E-state index < -0.39 is 12.7 Å². The molecule has 0 bridgehead atoms. The average molecular weight is 296 g/mol. The number of alkyl halides is 3. The van der Waals surface area contributed by atoms with Gasteiger partial charge in [-0.25, -0.2) is 4.98 Å². The minimum atomic E-state index is -4.27. The van der Waals surface area contributed by atoms with Crippen LogP contribution in [0.4, 0.5) is 19.0 Å². The molecule has 0 atom stereocenters. The maximum Gasteiger partial charge on any atom is 0.405 e. The van der Waals surface area contributed by atoms with Crippen molar-refractivity contribution in [1.29, 1.82) is 0 Å². The number of aromatic nitrogens is 1. The topological polar surface area (TPSA) is 28.2 Å². The summed E-state index contributed by atoms with van der Waals surface area (Å²) in [6.07, 6.45) is -2.88. The van der Waals surface area contributed by atoms with E-state index in [-0.39, 0.29) is 11.9 Å². The largest absolute Gasteiger partial charge is 0.405 e. The normalized spacial score (nSPS) is 12.0. The molecule has 1 aromatic rings. The van der Waals surface area contributed by atoms with Gasteiger partial charge < -0.3 is 10.2 Å². The van der Waals surface area contributed by atoms with Crippen molar-refractivity contribution < 1.29 is 13.2 Å². The van der Waals surface area contributed by atoms with Gasteiger partial charge in [0, 0.05) is 18.8 Å². The van der Waals surface area contributed by atoms with Gasteiger partial charge in [0.2, 0.25) is 0 Å². The summed E-state index contributed by atoms with van der Waals surface area (Å²) in [6.45, 7) is 2.84. The number of nitrogens with one attached hydrogen (secondary N) is 1. The van der Waals surface area contributed by atoms with Crippen LogP contribution in [0.2, 0.25) is 5.02 Å². The minimum Gasteiger partial charge on any atom is -0.345 e. The lowest BCUT2D eigenvalue weighted by Crippen LogP contribution is -2.39. The predicted octanol–water partition coefficient (Wildman–Crippen LogP) is 3.23. The Morgan fingerprint density at radius 3 is 2.53 bits per heavy atom. The summed E-state index contributed by atoms with van der Waals surface area (Å²) < 4.78 is 37.7. The number of rotatable bonds is 5. The third-order valence-electron chi connectivity index (χ3n) is 2.55. The summed E-state index contributed by atoms with van der Waals surface area (Å²) in [5.74, 6) is 0.280. The molecule has 1 heterocycles. The van der Waals surface area contributed by atoms with E-state index in [2.05, 4.69) is 10.3 Å². The molecule has 1 N–H and O–H groups in total. The quantitative estimate of drug-likeness (QED) is 0.904. The second kappa shape index (κ2) is 6.43. The monoisotopic (exact) mass is 295 g/mol. The second-order valence-electron chi connectivity index (χ2n) is 4.50. The number of hydrogen-bond donors (Lipinski definition) is 1. The van der Waals surface area contributed by atoms with Crippen molar-refractivity contribution in [2.45, 2.75) is 32.6 Å². The number of anilines is 1. The van der Waals surface area contributed by atoms with Crippen molar-refractivity contribution in [3.8, 4) is 0 Å². The van der Waals surface area contributed by atoms with E-state index in [0.717, 1.165) is 5.56 Å². The molecular formula is C12H17ClF3N3. The highest BCUT2D eigenvalue weighted by Crippen LogP contribution is 2.25. The molecule has 0 fully saturated rings. The highest BCUT2D eigenvalue weighted by atomic mass is 35.5. The molecule has 0 radical (unpaired) electrons. The van der Waals surface area contributed by atoms with Gasteiger partial charge in [0.25, 0.3) is 0 Å². The van der Waals surface area contributed by atoms with Crippen LogP contribution in [-0.4, -0.2) is 30.8 Å². The van der Waals surface area contributed by atoms with Crippen LogP contribution in [-0.2, 0) is 6.54 Å². The lowest BCUT2D eigenvalue weighted by molar-refractivity contribution is -0.120. The van der Waals surface area contributed by atoms with Crippen LogP contribution in [0.3, 0.4) is 0 Å². The van der Waals surface area contributed by atoms with Crippen LogP contribution in [0, 0.1) is 0 Å². The van der Waals surface area contributed by atoms with Gasteiger partial charge in [0.15, 0.2) is 0 Å². The Morgan fingerprint density at radius 2 is 2.05 bits per heavy atom. The molecule has 3 nitrogen and oxygen atoms in total. The Labute approximate surface area is 115 Å². The van der Waals surface area contributed by atoms with Gasteiger partial charge in [0.05, 0.1) is 5.02 Å². The Balaban J connectivity index is 3.06. The van der Waals surface area contributed by atoms with Crippen molar-refractivity contribution >= 4 is 17.4 Å². The molecule has 0 aliphatic heterocycles. The van der Waals surface area contributed by atoms with E-state index in [1.165, 1.54) is 11.1 Å². The zero-order valence-electron chi connectivity index (χ0n) is 11.1. The third-order valence-corrected chi connectivity index (χ3v) is 2.90. The summed E-state index contributed by atoms with van der Waals surface area (Å²) >= 11 is 5.95. The lowest BCUT2D eigenvalue weighted by atomic mass is 10.2. The van der Waals surface area contributed by atoms with Gasteiger partial charge in [0.1, 0.15) is 12.4 Å². The highest BCUT2D eigenvalue weighted by molar-refractivity contribution is 6.31.